The Morgan fingerprint density at radius 3 is 2.67 bits per heavy atom. The first kappa shape index (κ1) is 16.9. The van der Waals surface area contributed by atoms with E-state index < -0.39 is 0 Å². The molecular formula is C17H28BrN3. The quantitative estimate of drug-likeness (QED) is 0.852. The minimum absolute atomic E-state index is 0.141. The van der Waals surface area contributed by atoms with Crippen LogP contribution in [-0.2, 0) is 0 Å². The molecule has 0 aromatic heterocycles. The molecular weight excluding hydrogens is 326 g/mol. The number of halogens is 1. The van der Waals surface area contributed by atoms with Gasteiger partial charge in [0.15, 0.2) is 0 Å². The Morgan fingerprint density at radius 2 is 2.05 bits per heavy atom. The number of nitrogens with zero attached hydrogens (tertiary/aromatic N) is 2. The van der Waals surface area contributed by atoms with Crippen molar-refractivity contribution in [2.45, 2.75) is 25.3 Å². The lowest BCUT2D eigenvalue weighted by atomic mass is 9.96. The van der Waals surface area contributed by atoms with Crippen LogP contribution in [0.4, 0.5) is 0 Å². The van der Waals surface area contributed by atoms with Gasteiger partial charge in [-0.05, 0) is 76.6 Å². The molecule has 0 spiro atoms. The molecule has 2 rings (SSSR count). The molecule has 1 aliphatic rings. The van der Waals surface area contributed by atoms with Crippen molar-refractivity contribution < 1.29 is 0 Å². The number of likely N-dealkylation sites (tertiary alicyclic amines) is 1. The summed E-state index contributed by atoms with van der Waals surface area (Å²) in [7, 11) is 4.34. The molecule has 0 bridgehead atoms. The molecule has 0 radical (unpaired) electrons. The Hall–Kier alpha value is -0.420. The molecule has 0 amide bonds. The molecule has 4 heteroatoms. The van der Waals surface area contributed by atoms with Crippen molar-refractivity contribution in [2.75, 3.05) is 40.3 Å². The molecule has 1 aromatic rings. The maximum atomic E-state index is 6.32. The number of nitrogens with two attached hydrogens (primary N) is 1. The average molecular weight is 354 g/mol. The van der Waals surface area contributed by atoms with E-state index in [0.717, 1.165) is 23.4 Å². The van der Waals surface area contributed by atoms with E-state index in [-0.39, 0.29) is 6.04 Å². The third-order valence-corrected chi connectivity index (χ3v) is 4.86. The van der Waals surface area contributed by atoms with Crippen LogP contribution in [0.15, 0.2) is 28.7 Å². The Labute approximate surface area is 137 Å². The predicted octanol–water partition coefficient (Wildman–Crippen LogP) is 3.11. The van der Waals surface area contributed by atoms with Gasteiger partial charge in [-0.15, -0.1) is 0 Å². The van der Waals surface area contributed by atoms with Gasteiger partial charge in [-0.25, -0.2) is 0 Å². The molecule has 118 valence electrons. The summed E-state index contributed by atoms with van der Waals surface area (Å²) in [5.41, 5.74) is 7.55. The maximum Gasteiger partial charge on any atom is 0.0307 e. The molecule has 1 aromatic carbocycles. The highest BCUT2D eigenvalue weighted by molar-refractivity contribution is 9.10. The summed E-state index contributed by atoms with van der Waals surface area (Å²) >= 11 is 3.51. The van der Waals surface area contributed by atoms with Gasteiger partial charge in [0.05, 0.1) is 0 Å². The van der Waals surface area contributed by atoms with Crippen LogP contribution >= 0.6 is 15.9 Å². The minimum atomic E-state index is 0.141. The smallest absolute Gasteiger partial charge is 0.0307 e. The molecule has 1 fully saturated rings. The van der Waals surface area contributed by atoms with Crippen molar-refractivity contribution in [1.82, 2.24) is 9.80 Å². The predicted molar refractivity (Wildman–Crippen MR) is 93.4 cm³/mol. The van der Waals surface area contributed by atoms with Gasteiger partial charge in [0, 0.05) is 17.1 Å². The van der Waals surface area contributed by atoms with E-state index >= 15 is 0 Å². The zero-order chi connectivity index (χ0) is 15.2. The molecule has 2 N–H and O–H groups in total. The maximum absolute atomic E-state index is 6.32. The van der Waals surface area contributed by atoms with Gasteiger partial charge in [-0.1, -0.05) is 28.1 Å². The lowest BCUT2D eigenvalue weighted by Gasteiger charge is -2.33. The minimum Gasteiger partial charge on any atom is -0.324 e. The summed E-state index contributed by atoms with van der Waals surface area (Å²) in [4.78, 5) is 4.88. The van der Waals surface area contributed by atoms with E-state index in [4.69, 9.17) is 5.73 Å². The van der Waals surface area contributed by atoms with E-state index in [1.807, 2.05) is 6.07 Å². The third kappa shape index (κ3) is 5.70. The Morgan fingerprint density at radius 1 is 1.33 bits per heavy atom. The number of piperidine rings is 1. The first-order valence-electron chi connectivity index (χ1n) is 7.92. The average Bonchev–Trinajstić information content (AvgIpc) is 2.45. The summed E-state index contributed by atoms with van der Waals surface area (Å²) < 4.78 is 1.11. The van der Waals surface area contributed by atoms with Crippen LogP contribution in [0.1, 0.15) is 30.9 Å². The zero-order valence-corrected chi connectivity index (χ0v) is 14.8. The van der Waals surface area contributed by atoms with Crippen molar-refractivity contribution >= 4 is 15.9 Å². The SMILES string of the molecule is CN(C)CC1CCN(CCC(N)c2cccc(Br)c2)CC1. The molecule has 0 saturated carbocycles. The van der Waals surface area contributed by atoms with Crippen molar-refractivity contribution in [3.63, 3.8) is 0 Å². The second kappa shape index (κ2) is 8.28. The van der Waals surface area contributed by atoms with Crippen LogP contribution in [0.3, 0.4) is 0 Å². The highest BCUT2D eigenvalue weighted by atomic mass is 79.9. The number of hydrogen-bond acceptors (Lipinski definition) is 3. The van der Waals surface area contributed by atoms with E-state index in [1.54, 1.807) is 0 Å². The monoisotopic (exact) mass is 353 g/mol. The highest BCUT2D eigenvalue weighted by Gasteiger charge is 2.20. The highest BCUT2D eigenvalue weighted by Crippen LogP contribution is 2.21. The molecule has 21 heavy (non-hydrogen) atoms. The summed E-state index contributed by atoms with van der Waals surface area (Å²) in [6.45, 7) is 4.79. The normalized spacial score (nSPS) is 19.1. The standard InChI is InChI=1S/C17H28BrN3/c1-20(2)13-14-6-9-21(10-7-14)11-8-17(19)15-4-3-5-16(18)12-15/h3-5,12,14,17H,6-11,13,19H2,1-2H3. The molecule has 1 aliphatic heterocycles. The molecule has 1 unspecified atom stereocenters. The van der Waals surface area contributed by atoms with Gasteiger partial charge in [0.25, 0.3) is 0 Å². The Balaban J connectivity index is 1.72. The number of hydrogen-bond donors (Lipinski definition) is 1. The third-order valence-electron chi connectivity index (χ3n) is 4.36. The summed E-state index contributed by atoms with van der Waals surface area (Å²) in [5, 5.41) is 0. The molecule has 1 heterocycles. The summed E-state index contributed by atoms with van der Waals surface area (Å²) in [5.74, 6) is 0.870. The van der Waals surface area contributed by atoms with Gasteiger partial charge in [-0.2, -0.15) is 0 Å². The Bertz CT molecular complexity index is 428. The first-order chi connectivity index (χ1) is 10.0. The largest absolute Gasteiger partial charge is 0.324 e. The Kier molecular flexibility index (Phi) is 6.68. The summed E-state index contributed by atoms with van der Waals surface area (Å²) in [6, 6.07) is 8.51. The number of benzene rings is 1. The van der Waals surface area contributed by atoms with Crippen molar-refractivity contribution in [2.24, 2.45) is 11.7 Å². The van der Waals surface area contributed by atoms with E-state index in [1.165, 1.54) is 38.0 Å². The van der Waals surface area contributed by atoms with Crippen LogP contribution in [0.25, 0.3) is 0 Å². The van der Waals surface area contributed by atoms with E-state index in [9.17, 15) is 0 Å². The van der Waals surface area contributed by atoms with Crippen LogP contribution in [-0.4, -0.2) is 50.1 Å². The van der Waals surface area contributed by atoms with Gasteiger partial charge < -0.3 is 15.5 Å². The molecule has 1 saturated heterocycles. The first-order valence-corrected chi connectivity index (χ1v) is 8.72. The topological polar surface area (TPSA) is 32.5 Å². The van der Waals surface area contributed by atoms with Crippen LogP contribution < -0.4 is 5.73 Å². The van der Waals surface area contributed by atoms with Crippen molar-refractivity contribution in [3.8, 4) is 0 Å². The van der Waals surface area contributed by atoms with Crippen LogP contribution in [0.2, 0.25) is 0 Å². The number of rotatable bonds is 6. The lowest BCUT2D eigenvalue weighted by molar-refractivity contribution is 0.159. The van der Waals surface area contributed by atoms with Crippen LogP contribution in [0.5, 0.6) is 0 Å². The lowest BCUT2D eigenvalue weighted by Crippen LogP contribution is -2.38. The summed E-state index contributed by atoms with van der Waals surface area (Å²) in [6.07, 6.45) is 3.68. The van der Waals surface area contributed by atoms with Gasteiger partial charge in [-0.3, -0.25) is 0 Å². The second-order valence-electron chi connectivity index (χ2n) is 6.50. The molecule has 0 aliphatic carbocycles. The fraction of sp³-hybridized carbons (Fsp3) is 0.647. The fourth-order valence-corrected chi connectivity index (χ4v) is 3.55. The zero-order valence-electron chi connectivity index (χ0n) is 13.3. The van der Waals surface area contributed by atoms with Crippen molar-refractivity contribution in [1.29, 1.82) is 0 Å². The molecule has 1 atom stereocenters. The fourth-order valence-electron chi connectivity index (χ4n) is 3.13. The van der Waals surface area contributed by atoms with Gasteiger partial charge in [0.2, 0.25) is 0 Å². The van der Waals surface area contributed by atoms with Crippen LogP contribution in [0, 0.1) is 5.92 Å². The van der Waals surface area contributed by atoms with Gasteiger partial charge >= 0.3 is 0 Å². The van der Waals surface area contributed by atoms with Crippen molar-refractivity contribution in [3.05, 3.63) is 34.3 Å². The van der Waals surface area contributed by atoms with Gasteiger partial charge in [0.1, 0.15) is 0 Å². The van der Waals surface area contributed by atoms with E-state index in [2.05, 4.69) is 58.0 Å². The second-order valence-corrected chi connectivity index (χ2v) is 7.41. The van der Waals surface area contributed by atoms with E-state index in [0.29, 0.717) is 0 Å². The molecule has 3 nitrogen and oxygen atoms in total.